The van der Waals surface area contributed by atoms with Crippen molar-refractivity contribution in [3.63, 3.8) is 0 Å². The van der Waals surface area contributed by atoms with Gasteiger partial charge in [0.1, 0.15) is 0 Å². The minimum Gasteiger partial charge on any atom is -0.366 e. The summed E-state index contributed by atoms with van der Waals surface area (Å²) < 4.78 is 0. The van der Waals surface area contributed by atoms with E-state index in [-0.39, 0.29) is 5.91 Å². The lowest BCUT2D eigenvalue weighted by molar-refractivity contribution is -0.114. The van der Waals surface area contributed by atoms with Crippen molar-refractivity contribution in [3.05, 3.63) is 11.6 Å². The zero-order chi connectivity index (χ0) is 10.1. The van der Waals surface area contributed by atoms with Crippen molar-refractivity contribution in [2.24, 2.45) is 5.73 Å². The van der Waals surface area contributed by atoms with Gasteiger partial charge in [0.15, 0.2) is 0 Å². The molecular weight excluding hydrogens is 162 g/mol. The van der Waals surface area contributed by atoms with E-state index in [9.17, 15) is 4.79 Å². The first-order valence-corrected chi connectivity index (χ1v) is 5.21. The van der Waals surface area contributed by atoms with E-state index in [2.05, 4.69) is 13.8 Å². The smallest absolute Gasteiger partial charge is 0.244 e. The fourth-order valence-electron chi connectivity index (χ4n) is 1.17. The largest absolute Gasteiger partial charge is 0.366 e. The van der Waals surface area contributed by atoms with Gasteiger partial charge >= 0.3 is 0 Å². The molecule has 0 fully saturated rings. The molecule has 0 radical (unpaired) electrons. The number of primary amides is 1. The highest BCUT2D eigenvalue weighted by molar-refractivity contribution is 5.91. The van der Waals surface area contributed by atoms with Crippen LogP contribution in [0.2, 0.25) is 0 Å². The van der Waals surface area contributed by atoms with Crippen LogP contribution in [-0.2, 0) is 4.79 Å². The SMILES string of the molecule is CCCC/C=C(\CCCC)C(N)=O. The van der Waals surface area contributed by atoms with Crippen molar-refractivity contribution in [1.82, 2.24) is 0 Å². The van der Waals surface area contributed by atoms with Gasteiger partial charge in [-0.3, -0.25) is 4.79 Å². The molecule has 0 unspecified atom stereocenters. The van der Waals surface area contributed by atoms with Crippen LogP contribution in [0, 0.1) is 0 Å². The Balaban J connectivity index is 3.92. The maximum atomic E-state index is 11.0. The van der Waals surface area contributed by atoms with Crippen LogP contribution in [0.5, 0.6) is 0 Å². The second-order valence-electron chi connectivity index (χ2n) is 3.34. The summed E-state index contributed by atoms with van der Waals surface area (Å²) in [4.78, 5) is 11.0. The second-order valence-corrected chi connectivity index (χ2v) is 3.34. The Morgan fingerprint density at radius 1 is 1.23 bits per heavy atom. The van der Waals surface area contributed by atoms with Gasteiger partial charge in [-0.05, 0) is 19.3 Å². The summed E-state index contributed by atoms with van der Waals surface area (Å²) in [5.74, 6) is -0.246. The van der Waals surface area contributed by atoms with Gasteiger partial charge in [0.05, 0.1) is 0 Å². The van der Waals surface area contributed by atoms with E-state index >= 15 is 0 Å². The number of allylic oxidation sites excluding steroid dienone is 1. The van der Waals surface area contributed by atoms with Gasteiger partial charge in [-0.15, -0.1) is 0 Å². The summed E-state index contributed by atoms with van der Waals surface area (Å²) in [7, 11) is 0. The van der Waals surface area contributed by atoms with Crippen molar-refractivity contribution in [2.75, 3.05) is 0 Å². The van der Waals surface area contributed by atoms with Crippen molar-refractivity contribution in [1.29, 1.82) is 0 Å². The molecule has 13 heavy (non-hydrogen) atoms. The fourth-order valence-corrected chi connectivity index (χ4v) is 1.17. The lowest BCUT2D eigenvalue weighted by atomic mass is 10.1. The summed E-state index contributed by atoms with van der Waals surface area (Å²) in [5, 5.41) is 0. The van der Waals surface area contributed by atoms with Crippen LogP contribution < -0.4 is 5.73 Å². The molecule has 0 aromatic carbocycles. The first-order chi connectivity index (χ1) is 6.22. The van der Waals surface area contributed by atoms with Gasteiger partial charge in [0.2, 0.25) is 5.91 Å². The fraction of sp³-hybridized carbons (Fsp3) is 0.727. The first kappa shape index (κ1) is 12.2. The Labute approximate surface area is 81.2 Å². The first-order valence-electron chi connectivity index (χ1n) is 5.21. The monoisotopic (exact) mass is 183 g/mol. The predicted octanol–water partition coefficient (Wildman–Crippen LogP) is 2.78. The Bertz CT molecular complexity index is 173. The molecule has 0 aromatic rings. The number of carbonyl (C=O) groups excluding carboxylic acids is 1. The third-order valence-corrected chi connectivity index (χ3v) is 2.06. The summed E-state index contributed by atoms with van der Waals surface area (Å²) in [6, 6.07) is 0. The molecule has 0 aromatic heterocycles. The average Bonchev–Trinajstić information content (AvgIpc) is 2.10. The zero-order valence-electron chi connectivity index (χ0n) is 8.81. The average molecular weight is 183 g/mol. The summed E-state index contributed by atoms with van der Waals surface area (Å²) >= 11 is 0. The van der Waals surface area contributed by atoms with Gasteiger partial charge in [-0.25, -0.2) is 0 Å². The molecule has 2 N–H and O–H groups in total. The van der Waals surface area contributed by atoms with Crippen LogP contribution in [-0.4, -0.2) is 5.91 Å². The van der Waals surface area contributed by atoms with Crippen LogP contribution in [0.25, 0.3) is 0 Å². The molecular formula is C11H21NO. The molecule has 0 spiro atoms. The number of amides is 1. The summed E-state index contributed by atoms with van der Waals surface area (Å²) in [6.07, 6.45) is 8.30. The van der Waals surface area contributed by atoms with E-state index in [0.717, 1.165) is 44.1 Å². The Kier molecular flexibility index (Phi) is 7.36. The van der Waals surface area contributed by atoms with Crippen LogP contribution in [0.1, 0.15) is 52.4 Å². The van der Waals surface area contributed by atoms with Crippen molar-refractivity contribution < 1.29 is 4.79 Å². The quantitative estimate of drug-likeness (QED) is 0.478. The minimum absolute atomic E-state index is 0.246. The molecule has 0 saturated heterocycles. The number of hydrogen-bond donors (Lipinski definition) is 1. The molecule has 0 aliphatic heterocycles. The van der Waals surface area contributed by atoms with Crippen molar-refractivity contribution in [3.8, 4) is 0 Å². The lowest BCUT2D eigenvalue weighted by Crippen LogP contribution is -2.13. The van der Waals surface area contributed by atoms with Crippen LogP contribution in [0.4, 0.5) is 0 Å². The van der Waals surface area contributed by atoms with Crippen LogP contribution in [0.3, 0.4) is 0 Å². The maximum Gasteiger partial charge on any atom is 0.244 e. The molecule has 0 aliphatic rings. The Hall–Kier alpha value is -0.790. The molecule has 0 aliphatic carbocycles. The Morgan fingerprint density at radius 3 is 2.31 bits per heavy atom. The predicted molar refractivity (Wildman–Crippen MR) is 56.3 cm³/mol. The van der Waals surface area contributed by atoms with Crippen LogP contribution in [0.15, 0.2) is 11.6 Å². The molecule has 76 valence electrons. The zero-order valence-corrected chi connectivity index (χ0v) is 8.81. The van der Waals surface area contributed by atoms with Gasteiger partial charge < -0.3 is 5.73 Å². The summed E-state index contributed by atoms with van der Waals surface area (Å²) in [6.45, 7) is 4.26. The number of hydrogen-bond acceptors (Lipinski definition) is 1. The standard InChI is InChI=1S/C11H21NO/c1-3-5-7-9-10(11(12)13)8-6-4-2/h9H,3-8H2,1-2H3,(H2,12,13)/b10-9+. The van der Waals surface area contributed by atoms with E-state index in [0.29, 0.717) is 0 Å². The number of rotatable bonds is 7. The van der Waals surface area contributed by atoms with E-state index in [1.165, 1.54) is 0 Å². The molecule has 1 amide bonds. The number of unbranched alkanes of at least 4 members (excludes halogenated alkanes) is 3. The highest BCUT2D eigenvalue weighted by atomic mass is 16.1. The number of carbonyl (C=O) groups is 1. The normalized spacial score (nSPS) is 11.7. The Morgan fingerprint density at radius 2 is 1.85 bits per heavy atom. The molecule has 0 bridgehead atoms. The van der Waals surface area contributed by atoms with Crippen molar-refractivity contribution in [2.45, 2.75) is 52.4 Å². The highest BCUT2D eigenvalue weighted by Crippen LogP contribution is 2.09. The summed E-state index contributed by atoms with van der Waals surface area (Å²) in [5.41, 5.74) is 6.07. The van der Waals surface area contributed by atoms with Gasteiger partial charge in [-0.2, -0.15) is 0 Å². The van der Waals surface area contributed by atoms with E-state index in [4.69, 9.17) is 5.73 Å². The maximum absolute atomic E-state index is 11.0. The van der Waals surface area contributed by atoms with Crippen LogP contribution >= 0.6 is 0 Å². The van der Waals surface area contributed by atoms with Gasteiger partial charge in [0, 0.05) is 5.57 Å². The van der Waals surface area contributed by atoms with Gasteiger partial charge in [0.25, 0.3) is 0 Å². The third-order valence-electron chi connectivity index (χ3n) is 2.06. The molecule has 0 heterocycles. The molecule has 2 nitrogen and oxygen atoms in total. The van der Waals surface area contributed by atoms with E-state index in [1.807, 2.05) is 6.08 Å². The molecule has 2 heteroatoms. The van der Waals surface area contributed by atoms with E-state index in [1.54, 1.807) is 0 Å². The topological polar surface area (TPSA) is 43.1 Å². The van der Waals surface area contributed by atoms with E-state index < -0.39 is 0 Å². The number of nitrogens with two attached hydrogens (primary N) is 1. The molecule has 0 rings (SSSR count). The molecule has 0 saturated carbocycles. The third kappa shape index (κ3) is 6.38. The molecule has 0 atom stereocenters. The van der Waals surface area contributed by atoms with Gasteiger partial charge in [-0.1, -0.05) is 39.2 Å². The lowest BCUT2D eigenvalue weighted by Gasteiger charge is -2.01. The highest BCUT2D eigenvalue weighted by Gasteiger charge is 2.02. The second kappa shape index (κ2) is 7.84. The van der Waals surface area contributed by atoms with Crippen molar-refractivity contribution >= 4 is 5.91 Å². The minimum atomic E-state index is -0.246.